The van der Waals surface area contributed by atoms with E-state index in [0.717, 1.165) is 19.1 Å². The maximum atomic E-state index is 9.76. The zero-order chi connectivity index (χ0) is 14.9. The fraction of sp³-hybridized carbons (Fsp3) is 0.0769. The number of halogens is 3. The van der Waals surface area contributed by atoms with E-state index in [2.05, 4.69) is 53.1 Å². The van der Waals surface area contributed by atoms with Crippen molar-refractivity contribution in [3.63, 3.8) is 0 Å². The van der Waals surface area contributed by atoms with Crippen molar-refractivity contribution in [3.05, 3.63) is 43.2 Å². The van der Waals surface area contributed by atoms with Gasteiger partial charge in [-0.15, -0.1) is 0 Å². The van der Waals surface area contributed by atoms with E-state index < -0.39 is 5.75 Å². The molecule has 0 saturated heterocycles. The number of aromatic hydroxyl groups is 3. The van der Waals surface area contributed by atoms with Gasteiger partial charge in [-0.2, -0.15) is 0 Å². The summed E-state index contributed by atoms with van der Waals surface area (Å²) in [6, 6.07) is 6.65. The molecule has 0 unspecified atom stereocenters. The Bertz CT molecular complexity index is 639. The largest absolute Gasteiger partial charge is 0.504 e. The first-order valence-corrected chi connectivity index (χ1v) is 7.89. The SMILES string of the molecule is Oc1ccc(CNc2c(Br)cc(Br)cc2Br)c(O)c1O. The highest BCUT2D eigenvalue weighted by Crippen LogP contribution is 2.38. The number of phenols is 3. The highest BCUT2D eigenvalue weighted by atomic mass is 79.9. The van der Waals surface area contributed by atoms with E-state index in [-0.39, 0.29) is 11.5 Å². The average molecular weight is 468 g/mol. The van der Waals surface area contributed by atoms with Gasteiger partial charge in [-0.25, -0.2) is 0 Å². The predicted octanol–water partition coefficient (Wildman–Crippen LogP) is 4.70. The zero-order valence-electron chi connectivity index (χ0n) is 9.99. The van der Waals surface area contributed by atoms with E-state index in [1.165, 1.54) is 12.1 Å². The van der Waals surface area contributed by atoms with Crippen LogP contribution in [0.3, 0.4) is 0 Å². The second-order valence-corrected chi connectivity index (χ2v) is 6.66. The van der Waals surface area contributed by atoms with Gasteiger partial charge in [-0.05, 0) is 56.1 Å². The number of hydrogen-bond donors (Lipinski definition) is 4. The van der Waals surface area contributed by atoms with Gasteiger partial charge in [-0.1, -0.05) is 15.9 Å². The molecule has 0 aromatic heterocycles. The number of phenolic OH excluding ortho intramolecular Hbond substituents is 3. The van der Waals surface area contributed by atoms with E-state index >= 15 is 0 Å². The third-order valence-corrected chi connectivity index (χ3v) is 4.38. The van der Waals surface area contributed by atoms with Crippen LogP contribution in [0.25, 0.3) is 0 Å². The van der Waals surface area contributed by atoms with Gasteiger partial charge in [0, 0.05) is 25.5 Å². The van der Waals surface area contributed by atoms with Crippen molar-refractivity contribution < 1.29 is 15.3 Å². The van der Waals surface area contributed by atoms with Crippen LogP contribution in [-0.4, -0.2) is 15.3 Å². The molecule has 0 aliphatic heterocycles. The predicted molar refractivity (Wildman–Crippen MR) is 88.3 cm³/mol. The quantitative estimate of drug-likeness (QED) is 0.494. The molecule has 0 aliphatic carbocycles. The van der Waals surface area contributed by atoms with Gasteiger partial charge in [0.05, 0.1) is 5.69 Å². The molecule has 2 rings (SSSR count). The van der Waals surface area contributed by atoms with Crippen LogP contribution in [0, 0.1) is 0 Å². The molecule has 0 spiro atoms. The summed E-state index contributed by atoms with van der Waals surface area (Å²) in [5, 5.41) is 31.7. The van der Waals surface area contributed by atoms with E-state index in [0.29, 0.717) is 12.1 Å². The molecule has 2 aromatic rings. The highest BCUT2D eigenvalue weighted by Gasteiger charge is 2.12. The van der Waals surface area contributed by atoms with Crippen LogP contribution in [0.15, 0.2) is 37.7 Å². The Morgan fingerprint density at radius 3 is 2.10 bits per heavy atom. The summed E-state index contributed by atoms with van der Waals surface area (Å²) in [6.07, 6.45) is 0. The molecule has 0 atom stereocenters. The first kappa shape index (κ1) is 15.5. The number of hydrogen-bond acceptors (Lipinski definition) is 4. The van der Waals surface area contributed by atoms with Crippen LogP contribution in [0.5, 0.6) is 17.2 Å². The average Bonchev–Trinajstić information content (AvgIpc) is 2.37. The van der Waals surface area contributed by atoms with Crippen LogP contribution >= 0.6 is 47.8 Å². The molecule has 4 nitrogen and oxygen atoms in total. The first-order chi connectivity index (χ1) is 9.40. The van der Waals surface area contributed by atoms with Crippen LogP contribution in [-0.2, 0) is 6.54 Å². The molecule has 0 amide bonds. The summed E-state index contributed by atoms with van der Waals surface area (Å²) < 4.78 is 2.62. The van der Waals surface area contributed by atoms with Gasteiger partial charge in [-0.3, -0.25) is 0 Å². The molecule has 20 heavy (non-hydrogen) atoms. The fourth-order valence-electron chi connectivity index (χ4n) is 1.65. The van der Waals surface area contributed by atoms with Crippen LogP contribution in [0.1, 0.15) is 5.56 Å². The lowest BCUT2D eigenvalue weighted by Crippen LogP contribution is -2.01. The van der Waals surface area contributed by atoms with Crippen molar-refractivity contribution in [1.29, 1.82) is 0 Å². The maximum absolute atomic E-state index is 9.76. The van der Waals surface area contributed by atoms with Crippen molar-refractivity contribution in [2.45, 2.75) is 6.54 Å². The standard InChI is InChI=1S/C13H10Br3NO3/c14-7-3-8(15)11(9(16)4-7)17-5-6-1-2-10(18)13(20)12(6)19/h1-4,17-20H,5H2. The third kappa shape index (κ3) is 3.21. The lowest BCUT2D eigenvalue weighted by molar-refractivity contribution is 0.365. The second-order valence-electron chi connectivity index (χ2n) is 4.04. The molecule has 0 bridgehead atoms. The fourth-order valence-corrected chi connectivity index (χ4v) is 4.19. The summed E-state index contributed by atoms with van der Waals surface area (Å²) in [6.45, 7) is 0.290. The topological polar surface area (TPSA) is 72.7 Å². The molecule has 0 heterocycles. The molecule has 2 aromatic carbocycles. The Morgan fingerprint density at radius 1 is 0.900 bits per heavy atom. The number of benzene rings is 2. The second kappa shape index (κ2) is 6.24. The molecular formula is C13H10Br3NO3. The number of rotatable bonds is 3. The summed E-state index contributed by atoms with van der Waals surface area (Å²) in [5.74, 6) is -1.20. The lowest BCUT2D eigenvalue weighted by Gasteiger charge is -2.13. The number of anilines is 1. The van der Waals surface area contributed by atoms with Gasteiger partial charge in [0.25, 0.3) is 0 Å². The minimum Gasteiger partial charge on any atom is -0.504 e. The normalized spacial score (nSPS) is 10.6. The summed E-state index contributed by atoms with van der Waals surface area (Å²) in [5.41, 5.74) is 1.29. The van der Waals surface area contributed by atoms with Crippen LogP contribution < -0.4 is 5.32 Å². The Labute approximate surface area is 140 Å². The van der Waals surface area contributed by atoms with E-state index in [4.69, 9.17) is 0 Å². The molecule has 0 fully saturated rings. The van der Waals surface area contributed by atoms with Crippen LogP contribution in [0.4, 0.5) is 5.69 Å². The Morgan fingerprint density at radius 2 is 1.50 bits per heavy atom. The maximum Gasteiger partial charge on any atom is 0.200 e. The monoisotopic (exact) mass is 465 g/mol. The smallest absolute Gasteiger partial charge is 0.200 e. The molecule has 4 N–H and O–H groups in total. The van der Waals surface area contributed by atoms with Crippen molar-refractivity contribution >= 4 is 53.5 Å². The summed E-state index contributed by atoms with van der Waals surface area (Å²) in [4.78, 5) is 0. The van der Waals surface area contributed by atoms with Gasteiger partial charge < -0.3 is 20.6 Å². The highest BCUT2D eigenvalue weighted by molar-refractivity contribution is 9.11. The minimum atomic E-state index is -0.516. The van der Waals surface area contributed by atoms with Gasteiger partial charge in [0.15, 0.2) is 11.5 Å². The molecule has 7 heteroatoms. The molecule has 0 radical (unpaired) electrons. The number of nitrogens with one attached hydrogen (secondary N) is 1. The zero-order valence-corrected chi connectivity index (χ0v) is 14.8. The lowest BCUT2D eigenvalue weighted by atomic mass is 10.1. The van der Waals surface area contributed by atoms with Gasteiger partial charge in [0.2, 0.25) is 5.75 Å². The molecule has 106 valence electrons. The van der Waals surface area contributed by atoms with E-state index in [1.54, 1.807) is 0 Å². The Kier molecular flexibility index (Phi) is 4.82. The molecule has 0 saturated carbocycles. The van der Waals surface area contributed by atoms with Crippen molar-refractivity contribution in [2.24, 2.45) is 0 Å². The Balaban J connectivity index is 2.24. The summed E-state index contributed by atoms with van der Waals surface area (Å²) >= 11 is 10.3. The molecular weight excluding hydrogens is 458 g/mol. The van der Waals surface area contributed by atoms with Crippen LogP contribution in [0.2, 0.25) is 0 Å². The van der Waals surface area contributed by atoms with Crippen molar-refractivity contribution in [1.82, 2.24) is 0 Å². The van der Waals surface area contributed by atoms with E-state index in [9.17, 15) is 15.3 Å². The van der Waals surface area contributed by atoms with E-state index in [1.807, 2.05) is 12.1 Å². The first-order valence-electron chi connectivity index (χ1n) is 5.51. The van der Waals surface area contributed by atoms with Gasteiger partial charge in [0.1, 0.15) is 0 Å². The molecule has 0 aliphatic rings. The third-order valence-electron chi connectivity index (χ3n) is 2.68. The Hall–Kier alpha value is -0.920. The van der Waals surface area contributed by atoms with Crippen molar-refractivity contribution in [3.8, 4) is 17.2 Å². The van der Waals surface area contributed by atoms with Gasteiger partial charge >= 0.3 is 0 Å². The van der Waals surface area contributed by atoms with Crippen molar-refractivity contribution in [2.75, 3.05) is 5.32 Å². The minimum absolute atomic E-state index is 0.290. The summed E-state index contributed by atoms with van der Waals surface area (Å²) in [7, 11) is 0.